The second-order valence-electron chi connectivity index (χ2n) is 6.27. The van der Waals surface area contributed by atoms with Crippen LogP contribution in [0.3, 0.4) is 0 Å². The zero-order valence-corrected chi connectivity index (χ0v) is 15.0. The first-order chi connectivity index (χ1) is 12.0. The van der Waals surface area contributed by atoms with Crippen molar-refractivity contribution < 1.29 is 14.6 Å². The van der Waals surface area contributed by atoms with Crippen LogP contribution in [0, 0.1) is 0 Å². The molecule has 1 atom stereocenters. The van der Waals surface area contributed by atoms with Gasteiger partial charge >= 0.3 is 6.09 Å². The Hall–Kier alpha value is -2.53. The molecule has 2 rings (SSSR count). The maximum absolute atomic E-state index is 11.5. The van der Waals surface area contributed by atoms with Gasteiger partial charge in [0.25, 0.3) is 0 Å². The van der Waals surface area contributed by atoms with Gasteiger partial charge in [0, 0.05) is 18.3 Å². The topological polar surface area (TPSA) is 70.6 Å². The predicted octanol–water partition coefficient (Wildman–Crippen LogP) is 3.99. The number of ether oxygens (including phenoxy) is 1. The van der Waals surface area contributed by atoms with Crippen LogP contribution in [0.5, 0.6) is 0 Å². The summed E-state index contributed by atoms with van der Waals surface area (Å²) in [5.41, 5.74) is 4.02. The summed E-state index contributed by atoms with van der Waals surface area (Å²) in [5, 5.41) is 15.4. The number of carbonyl (C=O) groups excluding carboxylic acids is 1. The van der Waals surface area contributed by atoms with Crippen molar-refractivity contribution in [3.05, 3.63) is 65.2 Å². The minimum Gasteiger partial charge on any atom is -0.447 e. The quantitative estimate of drug-likeness (QED) is 0.711. The van der Waals surface area contributed by atoms with Crippen molar-refractivity contribution in [2.45, 2.75) is 46.1 Å². The fourth-order valence-corrected chi connectivity index (χ4v) is 2.44. The summed E-state index contributed by atoms with van der Waals surface area (Å²) in [6, 6.07) is 15.9. The Balaban J connectivity index is 1.90. The van der Waals surface area contributed by atoms with E-state index >= 15 is 0 Å². The van der Waals surface area contributed by atoms with Gasteiger partial charge in [-0.15, -0.1) is 0 Å². The first-order valence-electron chi connectivity index (χ1n) is 8.47. The first-order valence-corrected chi connectivity index (χ1v) is 8.47. The van der Waals surface area contributed by atoms with Gasteiger partial charge in [0.05, 0.1) is 12.7 Å². The molecule has 1 unspecified atom stereocenters. The van der Waals surface area contributed by atoms with Gasteiger partial charge in [0.15, 0.2) is 0 Å². The maximum atomic E-state index is 11.5. The van der Waals surface area contributed by atoms with Crippen molar-refractivity contribution in [1.29, 1.82) is 0 Å². The predicted molar refractivity (Wildman–Crippen MR) is 99.3 cm³/mol. The van der Waals surface area contributed by atoms with Crippen molar-refractivity contribution in [1.82, 2.24) is 5.32 Å². The Morgan fingerprint density at radius 3 is 2.44 bits per heavy atom. The number of alkyl carbamates (subject to hydrolysis) is 1. The monoisotopic (exact) mass is 342 g/mol. The van der Waals surface area contributed by atoms with Crippen LogP contribution < -0.4 is 10.6 Å². The minimum absolute atomic E-state index is 0.0432. The third kappa shape index (κ3) is 6.12. The molecule has 0 heterocycles. The van der Waals surface area contributed by atoms with E-state index in [2.05, 4.69) is 17.6 Å². The molecule has 0 aliphatic carbocycles. The molecule has 0 saturated heterocycles. The summed E-state index contributed by atoms with van der Waals surface area (Å²) in [7, 11) is 0. The van der Waals surface area contributed by atoms with E-state index in [1.165, 1.54) is 0 Å². The van der Waals surface area contributed by atoms with E-state index < -0.39 is 6.09 Å². The van der Waals surface area contributed by atoms with E-state index in [-0.39, 0.29) is 18.8 Å². The van der Waals surface area contributed by atoms with Crippen LogP contribution in [0.25, 0.3) is 0 Å². The number of aliphatic hydroxyl groups excluding tert-OH is 1. The second-order valence-corrected chi connectivity index (χ2v) is 6.27. The van der Waals surface area contributed by atoms with E-state index in [1.807, 2.05) is 62.4 Å². The molecule has 0 saturated carbocycles. The zero-order valence-electron chi connectivity index (χ0n) is 15.0. The molecule has 134 valence electrons. The molecular weight excluding hydrogens is 316 g/mol. The fourth-order valence-electron chi connectivity index (χ4n) is 2.44. The number of nitrogens with one attached hydrogen (secondary N) is 2. The highest BCUT2D eigenvalue weighted by molar-refractivity contribution is 5.67. The third-order valence-corrected chi connectivity index (χ3v) is 3.75. The summed E-state index contributed by atoms with van der Waals surface area (Å²) in [6.07, 6.45) is -0.535. The number of hydrogen-bond acceptors (Lipinski definition) is 4. The van der Waals surface area contributed by atoms with Gasteiger partial charge in [-0.3, -0.25) is 0 Å². The lowest BCUT2D eigenvalue weighted by Crippen LogP contribution is -2.26. The number of benzene rings is 2. The molecule has 0 aliphatic rings. The van der Waals surface area contributed by atoms with Gasteiger partial charge in [-0.2, -0.15) is 0 Å². The smallest absolute Gasteiger partial charge is 0.407 e. The minimum atomic E-state index is -0.408. The molecule has 3 N–H and O–H groups in total. The highest BCUT2D eigenvalue weighted by Gasteiger charge is 2.07. The van der Waals surface area contributed by atoms with Gasteiger partial charge < -0.3 is 20.5 Å². The number of carbonyl (C=O) groups is 1. The fraction of sp³-hybridized carbons (Fsp3) is 0.350. The van der Waals surface area contributed by atoms with E-state index in [0.717, 1.165) is 22.4 Å². The van der Waals surface area contributed by atoms with Crippen LogP contribution in [0.2, 0.25) is 0 Å². The van der Waals surface area contributed by atoms with Crippen molar-refractivity contribution in [3.8, 4) is 0 Å². The number of aliphatic hydroxyl groups is 1. The van der Waals surface area contributed by atoms with Crippen LogP contribution in [0.15, 0.2) is 48.5 Å². The Morgan fingerprint density at radius 2 is 1.80 bits per heavy atom. The number of anilines is 1. The lowest BCUT2D eigenvalue weighted by molar-refractivity contribution is 0.115. The molecular formula is C20H26N2O3. The Kier molecular flexibility index (Phi) is 6.83. The largest absolute Gasteiger partial charge is 0.447 e. The molecule has 0 fully saturated rings. The van der Waals surface area contributed by atoms with E-state index in [0.29, 0.717) is 6.54 Å². The summed E-state index contributed by atoms with van der Waals surface area (Å²) >= 11 is 0. The van der Waals surface area contributed by atoms with Gasteiger partial charge in [-0.1, -0.05) is 36.4 Å². The molecule has 0 bridgehead atoms. The highest BCUT2D eigenvalue weighted by Crippen LogP contribution is 2.20. The molecule has 0 radical (unpaired) electrons. The Morgan fingerprint density at radius 1 is 1.08 bits per heavy atom. The zero-order chi connectivity index (χ0) is 18.2. The van der Waals surface area contributed by atoms with Crippen LogP contribution in [0.4, 0.5) is 10.5 Å². The van der Waals surface area contributed by atoms with Crippen molar-refractivity contribution in [2.24, 2.45) is 0 Å². The molecule has 5 nitrogen and oxygen atoms in total. The van der Waals surface area contributed by atoms with E-state index in [9.17, 15) is 9.90 Å². The van der Waals surface area contributed by atoms with Gasteiger partial charge in [-0.25, -0.2) is 4.79 Å². The maximum Gasteiger partial charge on any atom is 0.407 e. The van der Waals surface area contributed by atoms with Crippen molar-refractivity contribution in [2.75, 3.05) is 5.32 Å². The van der Waals surface area contributed by atoms with E-state index in [1.54, 1.807) is 0 Å². The molecule has 25 heavy (non-hydrogen) atoms. The number of hydrogen-bond donors (Lipinski definition) is 3. The summed E-state index contributed by atoms with van der Waals surface area (Å²) in [6.45, 7) is 6.18. The van der Waals surface area contributed by atoms with Gasteiger partial charge in [-0.05, 0) is 49.6 Å². The Labute approximate surface area is 149 Å². The van der Waals surface area contributed by atoms with Crippen LogP contribution in [-0.2, 0) is 17.9 Å². The molecule has 2 aromatic carbocycles. The average Bonchev–Trinajstić information content (AvgIpc) is 2.60. The van der Waals surface area contributed by atoms with Crippen molar-refractivity contribution >= 4 is 11.8 Å². The molecule has 1 amide bonds. The number of rotatable bonds is 7. The summed E-state index contributed by atoms with van der Waals surface area (Å²) < 4.78 is 5.04. The average molecular weight is 342 g/mol. The first kappa shape index (κ1) is 18.8. The van der Waals surface area contributed by atoms with Gasteiger partial charge in [0.1, 0.15) is 0 Å². The van der Waals surface area contributed by atoms with Crippen LogP contribution >= 0.6 is 0 Å². The second kappa shape index (κ2) is 9.08. The molecule has 0 aliphatic heterocycles. The van der Waals surface area contributed by atoms with Crippen LogP contribution in [0.1, 0.15) is 43.5 Å². The third-order valence-electron chi connectivity index (χ3n) is 3.75. The lowest BCUT2D eigenvalue weighted by atomic mass is 10.0. The highest BCUT2D eigenvalue weighted by atomic mass is 16.6. The summed E-state index contributed by atoms with van der Waals surface area (Å²) in [5.74, 6) is 0. The number of amides is 1. The van der Waals surface area contributed by atoms with Crippen LogP contribution in [-0.4, -0.2) is 17.3 Å². The SMILES string of the molecule is CC(C)OC(=O)NCc1ccc(NC(C)c2cccc(CO)c2)cc1. The van der Waals surface area contributed by atoms with E-state index in [4.69, 9.17) is 4.74 Å². The molecule has 0 spiro atoms. The molecule has 0 aromatic heterocycles. The Bertz CT molecular complexity index is 684. The standard InChI is InChI=1S/C20H26N2O3/c1-14(2)25-20(24)21-12-16-7-9-19(10-8-16)22-15(3)18-6-4-5-17(11-18)13-23/h4-11,14-15,22-23H,12-13H2,1-3H3,(H,21,24). The van der Waals surface area contributed by atoms with Gasteiger partial charge in [0.2, 0.25) is 0 Å². The summed E-state index contributed by atoms with van der Waals surface area (Å²) in [4.78, 5) is 11.5. The molecule has 5 heteroatoms. The molecule has 2 aromatic rings. The normalized spacial score (nSPS) is 11.9. The lowest BCUT2D eigenvalue weighted by Gasteiger charge is -2.17. The van der Waals surface area contributed by atoms with Crippen molar-refractivity contribution in [3.63, 3.8) is 0 Å².